The zero-order valence-corrected chi connectivity index (χ0v) is 10.4. The number of hydrogen-bond acceptors (Lipinski definition) is 3. The van der Waals surface area contributed by atoms with Crippen molar-refractivity contribution >= 4 is 5.97 Å². The summed E-state index contributed by atoms with van der Waals surface area (Å²) >= 11 is 0. The van der Waals surface area contributed by atoms with Crippen LogP contribution in [0.3, 0.4) is 0 Å². The zero-order chi connectivity index (χ0) is 13.2. The molecule has 0 aliphatic carbocycles. The van der Waals surface area contributed by atoms with Crippen LogP contribution in [-0.2, 0) is 10.3 Å². The molecule has 5 heteroatoms. The minimum Gasteiger partial charge on any atom is -0.481 e. The van der Waals surface area contributed by atoms with Gasteiger partial charge in [-0.25, -0.2) is 4.39 Å². The Bertz CT molecular complexity index is 429. The van der Waals surface area contributed by atoms with Crippen LogP contribution in [0.25, 0.3) is 0 Å². The summed E-state index contributed by atoms with van der Waals surface area (Å²) < 4.78 is 12.9. The number of pyridine rings is 1. The highest BCUT2D eigenvalue weighted by atomic mass is 19.1. The standard InChI is InChI=1S/C13H17FN2O2/c1-13(8-12(17)18,16-6-2-3-7-16)11-5-4-10(14)9-15-11/h4-5,9H,2-3,6-8H2,1H3,(H,17,18). The number of hydrogen-bond donors (Lipinski definition) is 1. The molecule has 0 spiro atoms. The number of carboxylic acids is 1. The molecule has 1 saturated heterocycles. The first-order valence-electron chi connectivity index (χ1n) is 6.11. The molecule has 1 atom stereocenters. The van der Waals surface area contributed by atoms with E-state index in [0.29, 0.717) is 5.69 Å². The molecule has 1 aliphatic heterocycles. The number of likely N-dealkylation sites (tertiary alicyclic amines) is 1. The molecule has 1 aromatic rings. The van der Waals surface area contributed by atoms with Gasteiger partial charge in [0.25, 0.3) is 0 Å². The topological polar surface area (TPSA) is 53.4 Å². The second-order valence-corrected chi connectivity index (χ2v) is 4.90. The zero-order valence-electron chi connectivity index (χ0n) is 10.4. The highest BCUT2D eigenvalue weighted by Crippen LogP contribution is 2.33. The molecule has 1 N–H and O–H groups in total. The molecule has 4 nitrogen and oxygen atoms in total. The molecule has 98 valence electrons. The van der Waals surface area contributed by atoms with E-state index in [1.807, 2.05) is 6.92 Å². The van der Waals surface area contributed by atoms with Crippen molar-refractivity contribution in [2.45, 2.75) is 31.7 Å². The molecule has 1 fully saturated rings. The lowest BCUT2D eigenvalue weighted by molar-refractivity contribution is -0.140. The average Bonchev–Trinajstić information content (AvgIpc) is 2.82. The van der Waals surface area contributed by atoms with Gasteiger partial charge in [0.05, 0.1) is 23.9 Å². The summed E-state index contributed by atoms with van der Waals surface area (Å²) in [5.74, 6) is -1.27. The fourth-order valence-electron chi connectivity index (χ4n) is 2.56. The van der Waals surface area contributed by atoms with Gasteiger partial charge in [-0.05, 0) is 45.0 Å². The van der Waals surface area contributed by atoms with E-state index in [1.165, 1.54) is 6.07 Å². The van der Waals surface area contributed by atoms with Crippen molar-refractivity contribution in [3.8, 4) is 0 Å². The van der Waals surface area contributed by atoms with Crippen LogP contribution in [0.1, 0.15) is 31.9 Å². The number of aromatic nitrogens is 1. The number of halogens is 1. The molecule has 0 saturated carbocycles. The maximum Gasteiger partial charge on any atom is 0.305 e. The van der Waals surface area contributed by atoms with Crippen molar-refractivity contribution in [2.75, 3.05) is 13.1 Å². The molecule has 0 amide bonds. The van der Waals surface area contributed by atoms with Gasteiger partial charge in [0, 0.05) is 0 Å². The first kappa shape index (κ1) is 13.0. The summed E-state index contributed by atoms with van der Waals surface area (Å²) in [5.41, 5.74) is -0.0380. The van der Waals surface area contributed by atoms with E-state index in [2.05, 4.69) is 9.88 Å². The average molecular weight is 252 g/mol. The summed E-state index contributed by atoms with van der Waals surface area (Å²) in [4.78, 5) is 17.3. The highest BCUT2D eigenvalue weighted by molar-refractivity contribution is 5.68. The molecule has 1 unspecified atom stereocenters. The first-order valence-corrected chi connectivity index (χ1v) is 6.11. The van der Waals surface area contributed by atoms with Gasteiger partial charge in [-0.3, -0.25) is 14.7 Å². The lowest BCUT2D eigenvalue weighted by Gasteiger charge is -2.37. The summed E-state index contributed by atoms with van der Waals surface area (Å²) in [5, 5.41) is 9.10. The van der Waals surface area contributed by atoms with Crippen LogP contribution in [0.2, 0.25) is 0 Å². The lowest BCUT2D eigenvalue weighted by atomic mass is 9.91. The molecule has 1 aromatic heterocycles. The van der Waals surface area contributed by atoms with E-state index in [0.717, 1.165) is 32.1 Å². The summed E-state index contributed by atoms with van der Waals surface area (Å²) in [6, 6.07) is 2.91. The Hall–Kier alpha value is -1.49. The summed E-state index contributed by atoms with van der Waals surface area (Å²) in [7, 11) is 0. The van der Waals surface area contributed by atoms with Crippen molar-refractivity contribution in [1.29, 1.82) is 0 Å². The van der Waals surface area contributed by atoms with Crippen LogP contribution in [-0.4, -0.2) is 34.0 Å². The van der Waals surface area contributed by atoms with Gasteiger partial charge in [0.2, 0.25) is 0 Å². The minimum absolute atomic E-state index is 0.0222. The van der Waals surface area contributed by atoms with Gasteiger partial charge in [-0.15, -0.1) is 0 Å². The Kier molecular flexibility index (Phi) is 3.61. The normalized spacial score (nSPS) is 19.7. The Morgan fingerprint density at radius 3 is 2.67 bits per heavy atom. The molecule has 0 aromatic carbocycles. The van der Waals surface area contributed by atoms with E-state index < -0.39 is 17.3 Å². The van der Waals surface area contributed by atoms with Gasteiger partial charge < -0.3 is 5.11 Å². The van der Waals surface area contributed by atoms with Crippen LogP contribution >= 0.6 is 0 Å². The van der Waals surface area contributed by atoms with Crippen molar-refractivity contribution in [3.05, 3.63) is 29.8 Å². The second-order valence-electron chi connectivity index (χ2n) is 4.90. The van der Waals surface area contributed by atoms with E-state index >= 15 is 0 Å². The van der Waals surface area contributed by atoms with Crippen LogP contribution in [0, 0.1) is 5.82 Å². The van der Waals surface area contributed by atoms with Gasteiger partial charge in [0.15, 0.2) is 0 Å². The largest absolute Gasteiger partial charge is 0.481 e. The van der Waals surface area contributed by atoms with Gasteiger partial charge in [-0.1, -0.05) is 0 Å². The van der Waals surface area contributed by atoms with Gasteiger partial charge in [0.1, 0.15) is 5.82 Å². The Morgan fingerprint density at radius 1 is 1.50 bits per heavy atom. The van der Waals surface area contributed by atoms with E-state index in [1.54, 1.807) is 6.07 Å². The van der Waals surface area contributed by atoms with Crippen molar-refractivity contribution < 1.29 is 14.3 Å². The number of aliphatic carboxylic acids is 1. The van der Waals surface area contributed by atoms with E-state index in [4.69, 9.17) is 5.11 Å². The van der Waals surface area contributed by atoms with Gasteiger partial charge >= 0.3 is 5.97 Å². The van der Waals surface area contributed by atoms with Crippen LogP contribution in [0.4, 0.5) is 4.39 Å². The molecule has 0 bridgehead atoms. The molecular formula is C13H17FN2O2. The smallest absolute Gasteiger partial charge is 0.305 e. The van der Waals surface area contributed by atoms with Gasteiger partial charge in [-0.2, -0.15) is 0 Å². The van der Waals surface area contributed by atoms with Crippen molar-refractivity contribution in [2.24, 2.45) is 0 Å². The number of carboxylic acid groups (broad SMARTS) is 1. The fraction of sp³-hybridized carbons (Fsp3) is 0.538. The van der Waals surface area contributed by atoms with E-state index in [9.17, 15) is 9.18 Å². The van der Waals surface area contributed by atoms with Crippen LogP contribution in [0.15, 0.2) is 18.3 Å². The molecular weight excluding hydrogens is 235 g/mol. The second kappa shape index (κ2) is 5.02. The molecule has 2 heterocycles. The monoisotopic (exact) mass is 252 g/mol. The molecule has 0 radical (unpaired) electrons. The first-order chi connectivity index (χ1) is 8.52. The maximum absolute atomic E-state index is 12.9. The molecule has 18 heavy (non-hydrogen) atoms. The lowest BCUT2D eigenvalue weighted by Crippen LogP contribution is -2.44. The fourth-order valence-corrected chi connectivity index (χ4v) is 2.56. The number of carbonyl (C=O) groups is 1. The third kappa shape index (κ3) is 2.51. The highest BCUT2D eigenvalue weighted by Gasteiger charge is 2.38. The molecule has 1 aliphatic rings. The number of rotatable bonds is 4. The Labute approximate surface area is 105 Å². The predicted octanol–water partition coefficient (Wildman–Crippen LogP) is 2.01. The Morgan fingerprint density at radius 2 is 2.17 bits per heavy atom. The predicted molar refractivity (Wildman–Crippen MR) is 64.6 cm³/mol. The number of nitrogens with zero attached hydrogens (tertiary/aromatic N) is 2. The molecule has 2 rings (SSSR count). The van der Waals surface area contributed by atoms with E-state index in [-0.39, 0.29) is 6.42 Å². The Balaban J connectivity index is 2.33. The maximum atomic E-state index is 12.9. The van der Waals surface area contributed by atoms with Crippen LogP contribution in [0.5, 0.6) is 0 Å². The quantitative estimate of drug-likeness (QED) is 0.890. The SMILES string of the molecule is CC(CC(=O)O)(c1ccc(F)cn1)N1CCCC1. The van der Waals surface area contributed by atoms with Crippen LogP contribution < -0.4 is 0 Å². The summed E-state index contributed by atoms with van der Waals surface area (Å²) in [6.07, 6.45) is 3.25. The third-order valence-corrected chi connectivity index (χ3v) is 3.58. The summed E-state index contributed by atoms with van der Waals surface area (Å²) in [6.45, 7) is 3.60. The third-order valence-electron chi connectivity index (χ3n) is 3.58. The van der Waals surface area contributed by atoms with Crippen molar-refractivity contribution in [1.82, 2.24) is 9.88 Å². The minimum atomic E-state index is -0.865. The van der Waals surface area contributed by atoms with Crippen molar-refractivity contribution in [3.63, 3.8) is 0 Å².